The molecule has 15 heteroatoms. The summed E-state index contributed by atoms with van der Waals surface area (Å²) in [5, 5.41) is 3.60. The van der Waals surface area contributed by atoms with E-state index in [9.17, 15) is 14.4 Å². The van der Waals surface area contributed by atoms with Crippen LogP contribution in [-0.4, -0.2) is 115 Å². The first-order valence-electron chi connectivity index (χ1n) is 21.8. The molecule has 1 saturated heterocycles. The standard InChI is InChI=1S/C48H62N4O10Si/c1-10-18-61-47(55)52-29-34-21-32(31-14-16-35(56-5)17-15-31)28-50(34)46(54)38-24-42(58-7)44(26-40(38)52)60-20-13-11-12-19-59-43-25-39-37(23-41(43)57-6)45(53)51-30-36(22-33(51)27-49-39)62-63(8,9)48(2,3)4/h10,14-17,23-26,28,33-34,36,49H,1,11-13,18-22,27,29-30H2,2-9H3/t33-,34-,36+/m0/s1. The van der Waals surface area contributed by atoms with Crippen molar-refractivity contribution in [1.82, 2.24) is 9.80 Å². The Morgan fingerprint density at radius 1 is 0.841 bits per heavy atom. The van der Waals surface area contributed by atoms with Gasteiger partial charge in [0.25, 0.3) is 11.8 Å². The van der Waals surface area contributed by atoms with Gasteiger partial charge in [-0.1, -0.05) is 45.6 Å². The number of carbonyl (C=O) groups is 3. The molecule has 7 rings (SSSR count). The van der Waals surface area contributed by atoms with E-state index in [0.717, 1.165) is 41.8 Å². The largest absolute Gasteiger partial charge is 0.497 e. The van der Waals surface area contributed by atoms with Crippen molar-refractivity contribution in [2.24, 2.45) is 0 Å². The number of fused-ring (bicyclic) bond motifs is 4. The van der Waals surface area contributed by atoms with Crippen LogP contribution in [0.2, 0.25) is 18.1 Å². The van der Waals surface area contributed by atoms with Crippen molar-refractivity contribution in [3.8, 4) is 28.7 Å². The summed E-state index contributed by atoms with van der Waals surface area (Å²) in [6.45, 7) is 17.1. The van der Waals surface area contributed by atoms with Gasteiger partial charge < -0.3 is 48.0 Å². The Labute approximate surface area is 372 Å². The van der Waals surface area contributed by atoms with Gasteiger partial charge in [-0.2, -0.15) is 0 Å². The number of carbonyl (C=O) groups excluding carboxylic acids is 3. The number of unbranched alkanes of at least 4 members (excludes halogenated alkanes) is 2. The molecule has 1 N–H and O–H groups in total. The van der Waals surface area contributed by atoms with Gasteiger partial charge in [0.2, 0.25) is 0 Å². The lowest BCUT2D eigenvalue weighted by Gasteiger charge is -2.38. The minimum atomic E-state index is -1.98. The van der Waals surface area contributed by atoms with Crippen molar-refractivity contribution < 1.29 is 47.2 Å². The highest BCUT2D eigenvalue weighted by Gasteiger charge is 2.45. The van der Waals surface area contributed by atoms with Crippen LogP contribution >= 0.6 is 0 Å². The van der Waals surface area contributed by atoms with Crippen molar-refractivity contribution in [2.45, 2.75) is 89.2 Å². The third-order valence-electron chi connectivity index (χ3n) is 12.9. The molecule has 3 aromatic carbocycles. The molecule has 0 spiro atoms. The lowest BCUT2D eigenvalue weighted by atomic mass is 10.0. The smallest absolute Gasteiger partial charge is 0.414 e. The summed E-state index contributed by atoms with van der Waals surface area (Å²) < 4.78 is 41.5. The average molecular weight is 883 g/mol. The molecule has 0 radical (unpaired) electrons. The van der Waals surface area contributed by atoms with E-state index in [1.165, 1.54) is 18.1 Å². The topological polar surface area (TPSA) is 138 Å². The Balaban J connectivity index is 0.964. The number of ether oxygens (including phenoxy) is 6. The molecule has 0 bridgehead atoms. The minimum absolute atomic E-state index is 0.0224. The summed E-state index contributed by atoms with van der Waals surface area (Å²) in [5.74, 6) is 2.33. The van der Waals surface area contributed by atoms with Crippen LogP contribution in [0, 0.1) is 0 Å². The molecular formula is C48H62N4O10Si. The lowest BCUT2D eigenvalue weighted by Crippen LogP contribution is -2.44. The fourth-order valence-corrected chi connectivity index (χ4v) is 9.73. The van der Waals surface area contributed by atoms with E-state index in [1.54, 1.807) is 37.3 Å². The summed E-state index contributed by atoms with van der Waals surface area (Å²) in [4.78, 5) is 46.8. The molecule has 1 fully saturated rings. The summed E-state index contributed by atoms with van der Waals surface area (Å²) in [5.41, 5.74) is 3.94. The first-order chi connectivity index (χ1) is 30.2. The number of hydrogen-bond donors (Lipinski definition) is 1. The molecule has 14 nitrogen and oxygen atoms in total. The third kappa shape index (κ3) is 9.64. The van der Waals surface area contributed by atoms with Crippen molar-refractivity contribution in [3.05, 3.63) is 84.1 Å². The zero-order valence-electron chi connectivity index (χ0n) is 37.9. The van der Waals surface area contributed by atoms with Crippen LogP contribution in [-0.2, 0) is 9.16 Å². The van der Waals surface area contributed by atoms with Gasteiger partial charge in [-0.25, -0.2) is 4.79 Å². The van der Waals surface area contributed by atoms with E-state index >= 15 is 0 Å². The molecule has 4 aliphatic rings. The van der Waals surface area contributed by atoms with Gasteiger partial charge in [-0.05, 0) is 85.6 Å². The molecule has 0 aliphatic carbocycles. The average Bonchev–Trinajstić information content (AvgIpc) is 3.83. The van der Waals surface area contributed by atoms with Gasteiger partial charge >= 0.3 is 6.09 Å². The van der Waals surface area contributed by atoms with Crippen LogP contribution in [0.4, 0.5) is 16.2 Å². The van der Waals surface area contributed by atoms with Gasteiger partial charge in [0, 0.05) is 31.4 Å². The van der Waals surface area contributed by atoms with Crippen LogP contribution in [0.25, 0.3) is 5.57 Å². The maximum atomic E-state index is 14.2. The maximum Gasteiger partial charge on any atom is 0.414 e. The second-order valence-corrected chi connectivity index (χ2v) is 22.7. The Morgan fingerprint density at radius 3 is 2.14 bits per heavy atom. The van der Waals surface area contributed by atoms with Crippen LogP contribution < -0.4 is 33.9 Å². The van der Waals surface area contributed by atoms with Gasteiger partial charge in [0.05, 0.1) is 81.8 Å². The Bertz CT molecular complexity index is 2220. The Hall–Kier alpha value is -5.67. The zero-order chi connectivity index (χ0) is 45.1. The number of anilines is 2. The molecule has 4 aliphatic heterocycles. The maximum absolute atomic E-state index is 14.2. The van der Waals surface area contributed by atoms with Gasteiger partial charge in [-0.3, -0.25) is 14.5 Å². The highest BCUT2D eigenvalue weighted by atomic mass is 28.4. The van der Waals surface area contributed by atoms with Crippen molar-refractivity contribution in [3.63, 3.8) is 0 Å². The molecule has 0 saturated carbocycles. The van der Waals surface area contributed by atoms with Gasteiger partial charge in [-0.15, -0.1) is 0 Å². The van der Waals surface area contributed by atoms with Gasteiger partial charge in [0.1, 0.15) is 12.4 Å². The normalized spacial score (nSPS) is 19.4. The van der Waals surface area contributed by atoms with E-state index in [2.05, 4.69) is 45.8 Å². The number of nitrogens with zero attached hydrogens (tertiary/aromatic N) is 3. The predicted molar refractivity (Wildman–Crippen MR) is 245 cm³/mol. The molecular weight excluding hydrogens is 821 g/mol. The highest BCUT2D eigenvalue weighted by molar-refractivity contribution is 6.74. The molecule has 3 aromatic rings. The molecule has 3 atom stereocenters. The number of benzene rings is 3. The quantitative estimate of drug-likeness (QED) is 0.0840. The second kappa shape index (κ2) is 19.0. The molecule has 338 valence electrons. The molecule has 0 aromatic heterocycles. The number of nitrogens with one attached hydrogen (secondary N) is 1. The fourth-order valence-electron chi connectivity index (χ4n) is 8.38. The summed E-state index contributed by atoms with van der Waals surface area (Å²) >= 11 is 0. The molecule has 63 heavy (non-hydrogen) atoms. The first kappa shape index (κ1) is 45.4. The van der Waals surface area contributed by atoms with Crippen LogP contribution in [0.15, 0.2) is 67.4 Å². The summed E-state index contributed by atoms with van der Waals surface area (Å²) in [7, 11) is 2.75. The monoisotopic (exact) mass is 882 g/mol. The van der Waals surface area contributed by atoms with E-state index in [4.69, 9.17) is 32.8 Å². The molecule has 4 heterocycles. The van der Waals surface area contributed by atoms with Crippen LogP contribution in [0.3, 0.4) is 0 Å². The van der Waals surface area contributed by atoms with Crippen LogP contribution in [0.1, 0.15) is 79.2 Å². The Morgan fingerprint density at radius 2 is 1.51 bits per heavy atom. The van der Waals surface area contributed by atoms with E-state index in [0.29, 0.717) is 79.0 Å². The van der Waals surface area contributed by atoms with Crippen LogP contribution in [0.5, 0.6) is 28.7 Å². The van der Waals surface area contributed by atoms with E-state index in [1.807, 2.05) is 41.4 Å². The number of amides is 3. The minimum Gasteiger partial charge on any atom is -0.497 e. The molecule has 0 unspecified atom stereocenters. The first-order valence-corrected chi connectivity index (χ1v) is 24.7. The van der Waals surface area contributed by atoms with E-state index in [-0.39, 0.29) is 48.2 Å². The summed E-state index contributed by atoms with van der Waals surface area (Å²) in [6, 6.07) is 14.4. The number of hydrogen-bond acceptors (Lipinski definition) is 11. The predicted octanol–water partition coefficient (Wildman–Crippen LogP) is 8.77. The zero-order valence-corrected chi connectivity index (χ0v) is 38.9. The van der Waals surface area contributed by atoms with Gasteiger partial charge in [0.15, 0.2) is 31.3 Å². The summed E-state index contributed by atoms with van der Waals surface area (Å²) in [6.07, 6.45) is 6.39. The van der Waals surface area contributed by atoms with Crippen molar-refractivity contribution >= 4 is 43.2 Å². The number of rotatable bonds is 16. The number of methoxy groups -OCH3 is 3. The molecule has 3 amide bonds. The fraction of sp³-hybridized carbons (Fsp3) is 0.479. The van der Waals surface area contributed by atoms with Crippen molar-refractivity contribution in [2.75, 3.05) is 71.0 Å². The third-order valence-corrected chi connectivity index (χ3v) is 17.4. The Kier molecular flexibility index (Phi) is 13.7. The van der Waals surface area contributed by atoms with E-state index < -0.39 is 14.4 Å². The van der Waals surface area contributed by atoms with Crippen molar-refractivity contribution in [1.29, 1.82) is 0 Å². The second-order valence-electron chi connectivity index (χ2n) is 18.0. The highest BCUT2D eigenvalue weighted by Crippen LogP contribution is 2.43. The lowest BCUT2D eigenvalue weighted by molar-refractivity contribution is 0.0730. The SMILES string of the molecule is C=CCOC(=O)N1C[C@@H]2CC(c3ccc(OC)cc3)=CN2C(=O)c2cc(OC)c(OCCCCCOc3cc4c(cc3OC)C(=O)N3C[C@H](O[Si](C)(C)C(C)(C)C)C[C@H]3CN4)cc21.